The normalized spacial score (nSPS) is 10.7. The highest BCUT2D eigenvalue weighted by atomic mass is 35.5. The Hall–Kier alpha value is -2.32. The van der Waals surface area contributed by atoms with Gasteiger partial charge < -0.3 is 20.7 Å². The fourth-order valence-electron chi connectivity index (χ4n) is 1.81. The summed E-state index contributed by atoms with van der Waals surface area (Å²) in [6.45, 7) is 4.13. The SMILES string of the molecule is CC(C)(C)NC(=O)COC(=O)CNC(=O)CNC(=O)c1ccc(Cl)cc1Cl. The summed E-state index contributed by atoms with van der Waals surface area (Å²) < 4.78 is 4.74. The summed E-state index contributed by atoms with van der Waals surface area (Å²) in [6.07, 6.45) is 0. The van der Waals surface area contributed by atoms with E-state index in [-0.39, 0.29) is 17.1 Å². The Labute approximate surface area is 166 Å². The lowest BCUT2D eigenvalue weighted by atomic mass is 10.1. The molecular formula is C17H21Cl2N3O5. The van der Waals surface area contributed by atoms with Crippen LogP contribution < -0.4 is 16.0 Å². The Kier molecular flexibility index (Phi) is 8.52. The van der Waals surface area contributed by atoms with Crippen LogP contribution >= 0.6 is 23.2 Å². The van der Waals surface area contributed by atoms with Gasteiger partial charge in [-0.2, -0.15) is 0 Å². The highest BCUT2D eigenvalue weighted by Gasteiger charge is 2.16. The third kappa shape index (κ3) is 9.25. The number of halogens is 2. The molecule has 27 heavy (non-hydrogen) atoms. The van der Waals surface area contributed by atoms with Crippen molar-refractivity contribution in [2.45, 2.75) is 26.3 Å². The minimum atomic E-state index is -0.778. The zero-order chi connectivity index (χ0) is 20.6. The van der Waals surface area contributed by atoms with E-state index in [4.69, 9.17) is 27.9 Å². The van der Waals surface area contributed by atoms with Gasteiger partial charge in [0.1, 0.15) is 6.54 Å². The fraction of sp³-hybridized carbons (Fsp3) is 0.412. The smallest absolute Gasteiger partial charge is 0.325 e. The molecule has 10 heteroatoms. The Morgan fingerprint density at radius 1 is 1.00 bits per heavy atom. The molecule has 1 aromatic rings. The van der Waals surface area contributed by atoms with Crippen LogP contribution in [0.3, 0.4) is 0 Å². The summed E-state index contributed by atoms with van der Waals surface area (Å²) in [5.41, 5.74) is -0.277. The minimum Gasteiger partial charge on any atom is -0.454 e. The van der Waals surface area contributed by atoms with E-state index in [1.54, 1.807) is 20.8 Å². The molecule has 3 amide bonds. The molecule has 0 atom stereocenters. The third-order valence-corrected chi connectivity index (χ3v) is 3.44. The van der Waals surface area contributed by atoms with Crippen LogP contribution in [0.1, 0.15) is 31.1 Å². The molecule has 0 saturated heterocycles. The van der Waals surface area contributed by atoms with E-state index >= 15 is 0 Å². The van der Waals surface area contributed by atoms with E-state index in [9.17, 15) is 19.2 Å². The van der Waals surface area contributed by atoms with Gasteiger partial charge in [-0.15, -0.1) is 0 Å². The van der Waals surface area contributed by atoms with Gasteiger partial charge in [-0.1, -0.05) is 23.2 Å². The van der Waals surface area contributed by atoms with E-state index in [0.717, 1.165) is 0 Å². The fourth-order valence-corrected chi connectivity index (χ4v) is 2.31. The summed E-state index contributed by atoms with van der Waals surface area (Å²) >= 11 is 11.7. The molecule has 8 nitrogen and oxygen atoms in total. The summed E-state index contributed by atoms with van der Waals surface area (Å²) in [5, 5.41) is 7.79. The first kappa shape index (κ1) is 22.7. The van der Waals surface area contributed by atoms with Gasteiger partial charge in [0, 0.05) is 10.6 Å². The molecule has 0 saturated carbocycles. The zero-order valence-electron chi connectivity index (χ0n) is 15.2. The Balaban J connectivity index is 2.31. The molecule has 0 aliphatic heterocycles. The number of esters is 1. The van der Waals surface area contributed by atoms with Crippen LogP contribution in [-0.4, -0.2) is 48.9 Å². The first-order valence-electron chi connectivity index (χ1n) is 7.94. The Morgan fingerprint density at radius 2 is 1.67 bits per heavy atom. The minimum absolute atomic E-state index is 0.150. The van der Waals surface area contributed by atoms with Crippen molar-refractivity contribution in [3.63, 3.8) is 0 Å². The highest BCUT2D eigenvalue weighted by Crippen LogP contribution is 2.20. The molecule has 0 heterocycles. The topological polar surface area (TPSA) is 114 Å². The van der Waals surface area contributed by atoms with Crippen molar-refractivity contribution in [3.05, 3.63) is 33.8 Å². The maximum absolute atomic E-state index is 12.0. The van der Waals surface area contributed by atoms with E-state index in [1.807, 2.05) is 0 Å². The van der Waals surface area contributed by atoms with Gasteiger partial charge in [-0.05, 0) is 39.0 Å². The number of rotatable bonds is 7. The monoisotopic (exact) mass is 417 g/mol. The van der Waals surface area contributed by atoms with E-state index in [2.05, 4.69) is 16.0 Å². The lowest BCUT2D eigenvalue weighted by Gasteiger charge is -2.20. The molecule has 0 bridgehead atoms. The first-order chi connectivity index (χ1) is 12.5. The number of nitrogens with one attached hydrogen (secondary N) is 3. The van der Waals surface area contributed by atoms with Crippen LogP contribution in [0.25, 0.3) is 0 Å². The van der Waals surface area contributed by atoms with Crippen molar-refractivity contribution < 1.29 is 23.9 Å². The Morgan fingerprint density at radius 3 is 2.26 bits per heavy atom. The number of ether oxygens (including phenoxy) is 1. The number of hydrogen-bond donors (Lipinski definition) is 3. The van der Waals surface area contributed by atoms with Gasteiger partial charge in [-0.3, -0.25) is 19.2 Å². The number of benzene rings is 1. The van der Waals surface area contributed by atoms with Crippen molar-refractivity contribution in [1.29, 1.82) is 0 Å². The van der Waals surface area contributed by atoms with Gasteiger partial charge in [0.25, 0.3) is 11.8 Å². The van der Waals surface area contributed by atoms with Gasteiger partial charge >= 0.3 is 5.97 Å². The molecule has 0 fully saturated rings. The molecule has 3 N–H and O–H groups in total. The first-order valence-corrected chi connectivity index (χ1v) is 8.70. The van der Waals surface area contributed by atoms with Crippen LogP contribution in [0.15, 0.2) is 18.2 Å². The van der Waals surface area contributed by atoms with E-state index in [0.29, 0.717) is 5.02 Å². The number of amides is 3. The number of hydrogen-bond acceptors (Lipinski definition) is 5. The second-order valence-electron chi connectivity index (χ2n) is 6.54. The molecule has 0 aromatic heterocycles. The van der Waals surface area contributed by atoms with Gasteiger partial charge in [0.05, 0.1) is 17.1 Å². The molecule has 0 radical (unpaired) electrons. The molecule has 0 spiro atoms. The quantitative estimate of drug-likeness (QED) is 0.578. The highest BCUT2D eigenvalue weighted by molar-refractivity contribution is 6.36. The molecule has 0 unspecified atom stereocenters. The predicted octanol–water partition coefficient (Wildman–Crippen LogP) is 1.30. The number of carbonyl (C=O) groups is 4. The summed E-state index contributed by atoms with van der Waals surface area (Å²) in [6, 6.07) is 4.33. The van der Waals surface area contributed by atoms with Crippen LogP contribution in [0.5, 0.6) is 0 Å². The maximum atomic E-state index is 12.0. The molecule has 0 aliphatic rings. The van der Waals surface area contributed by atoms with Gasteiger partial charge in [0.2, 0.25) is 5.91 Å². The van der Waals surface area contributed by atoms with Crippen molar-refractivity contribution in [3.8, 4) is 0 Å². The maximum Gasteiger partial charge on any atom is 0.325 e. The summed E-state index contributed by atoms with van der Waals surface area (Å²) in [4.78, 5) is 46.7. The van der Waals surface area contributed by atoms with E-state index in [1.165, 1.54) is 18.2 Å². The van der Waals surface area contributed by atoms with Crippen molar-refractivity contribution >= 4 is 46.9 Å². The molecule has 148 valence electrons. The van der Waals surface area contributed by atoms with Gasteiger partial charge in [0.15, 0.2) is 6.61 Å². The zero-order valence-corrected chi connectivity index (χ0v) is 16.7. The summed E-state index contributed by atoms with van der Waals surface area (Å²) in [5.74, 6) is -2.40. The average molecular weight is 418 g/mol. The second-order valence-corrected chi connectivity index (χ2v) is 7.39. The molecule has 1 aromatic carbocycles. The predicted molar refractivity (Wildman–Crippen MR) is 101 cm³/mol. The Bertz CT molecular complexity index is 732. The van der Waals surface area contributed by atoms with Crippen LogP contribution in [0, 0.1) is 0 Å². The van der Waals surface area contributed by atoms with Crippen LogP contribution in [0.4, 0.5) is 0 Å². The largest absolute Gasteiger partial charge is 0.454 e. The van der Waals surface area contributed by atoms with Crippen LogP contribution in [0.2, 0.25) is 10.0 Å². The van der Waals surface area contributed by atoms with Crippen molar-refractivity contribution in [1.82, 2.24) is 16.0 Å². The number of carbonyl (C=O) groups excluding carboxylic acids is 4. The molecule has 0 aliphatic carbocycles. The second kappa shape index (κ2) is 10.1. The van der Waals surface area contributed by atoms with Gasteiger partial charge in [-0.25, -0.2) is 0 Å². The van der Waals surface area contributed by atoms with Crippen molar-refractivity contribution in [2.24, 2.45) is 0 Å². The average Bonchev–Trinajstić information content (AvgIpc) is 2.54. The molecule has 1 rings (SSSR count). The molecular weight excluding hydrogens is 397 g/mol. The summed E-state index contributed by atoms with van der Waals surface area (Å²) in [7, 11) is 0. The lowest BCUT2D eigenvalue weighted by molar-refractivity contribution is -0.148. The lowest BCUT2D eigenvalue weighted by Crippen LogP contribution is -2.43. The van der Waals surface area contributed by atoms with Crippen molar-refractivity contribution in [2.75, 3.05) is 19.7 Å². The van der Waals surface area contributed by atoms with Crippen LogP contribution in [-0.2, 0) is 19.1 Å². The third-order valence-electron chi connectivity index (χ3n) is 2.89. The van der Waals surface area contributed by atoms with E-state index < -0.39 is 42.4 Å². The standard InChI is InChI=1S/C17H21Cl2N3O5/c1-17(2,3)22-14(24)9-27-15(25)8-20-13(23)7-21-16(26)11-5-4-10(18)6-12(11)19/h4-6H,7-9H2,1-3H3,(H,20,23)(H,21,26)(H,22,24).